The maximum atomic E-state index is 12.3. The Morgan fingerprint density at radius 2 is 2.04 bits per heavy atom. The first kappa shape index (κ1) is 15.0. The number of carbonyl (C=O) groups is 1. The van der Waals surface area contributed by atoms with Gasteiger partial charge >= 0.3 is 0 Å². The van der Waals surface area contributed by atoms with Gasteiger partial charge in [0.2, 0.25) is 0 Å². The van der Waals surface area contributed by atoms with E-state index in [-0.39, 0.29) is 5.91 Å². The van der Waals surface area contributed by atoms with Crippen molar-refractivity contribution < 1.29 is 9.53 Å². The molecule has 0 saturated carbocycles. The summed E-state index contributed by atoms with van der Waals surface area (Å²) in [5.41, 5.74) is 1.53. The van der Waals surface area contributed by atoms with Crippen molar-refractivity contribution in [3.8, 4) is 5.82 Å². The molecule has 1 saturated heterocycles. The number of pyridine rings is 1. The molecular formula is C18H20N4O2. The summed E-state index contributed by atoms with van der Waals surface area (Å²) in [7, 11) is 0. The van der Waals surface area contributed by atoms with Gasteiger partial charge in [0.1, 0.15) is 5.82 Å². The molecule has 6 nitrogen and oxygen atoms in total. The summed E-state index contributed by atoms with van der Waals surface area (Å²) in [5, 5.41) is 7.41. The monoisotopic (exact) mass is 324 g/mol. The molecule has 0 radical (unpaired) electrons. The topological polar surface area (TPSA) is 60.6 Å². The lowest BCUT2D eigenvalue weighted by atomic mass is 10.0. The molecule has 4 heterocycles. The van der Waals surface area contributed by atoms with Gasteiger partial charge in [-0.3, -0.25) is 4.79 Å². The zero-order valence-corrected chi connectivity index (χ0v) is 13.4. The quantitative estimate of drug-likeness (QED) is 0.801. The maximum Gasteiger partial charge on any atom is 0.271 e. The molecule has 124 valence electrons. The SMILES string of the molecule is O=C(NCC1CCOCC1)c1ccn(-c2ccc3ccccn23)n1. The van der Waals surface area contributed by atoms with Gasteiger partial charge in [0.25, 0.3) is 5.91 Å². The number of ether oxygens (including phenoxy) is 1. The van der Waals surface area contributed by atoms with Crippen LogP contribution in [0.5, 0.6) is 0 Å². The molecule has 3 aromatic rings. The van der Waals surface area contributed by atoms with Gasteiger partial charge in [-0.05, 0) is 49.1 Å². The van der Waals surface area contributed by atoms with E-state index in [2.05, 4.69) is 10.4 Å². The predicted molar refractivity (Wildman–Crippen MR) is 90.4 cm³/mol. The first-order valence-corrected chi connectivity index (χ1v) is 8.29. The Labute approximate surface area is 140 Å². The highest BCUT2D eigenvalue weighted by atomic mass is 16.5. The minimum atomic E-state index is -0.124. The summed E-state index contributed by atoms with van der Waals surface area (Å²) in [6.07, 6.45) is 5.81. The summed E-state index contributed by atoms with van der Waals surface area (Å²) in [6, 6.07) is 11.8. The van der Waals surface area contributed by atoms with Gasteiger partial charge in [-0.1, -0.05) is 6.07 Å². The van der Waals surface area contributed by atoms with Crippen LogP contribution < -0.4 is 5.32 Å². The van der Waals surface area contributed by atoms with Crippen LogP contribution in [0.25, 0.3) is 11.3 Å². The first-order valence-electron chi connectivity index (χ1n) is 8.29. The van der Waals surface area contributed by atoms with Crippen LogP contribution in [0.3, 0.4) is 0 Å². The van der Waals surface area contributed by atoms with Crippen LogP contribution in [0.1, 0.15) is 23.3 Å². The third-order valence-corrected chi connectivity index (χ3v) is 4.49. The third-order valence-electron chi connectivity index (χ3n) is 4.49. The predicted octanol–water partition coefficient (Wildman–Crippen LogP) is 2.28. The van der Waals surface area contributed by atoms with Gasteiger partial charge in [0.05, 0.1) is 0 Å². The normalized spacial score (nSPS) is 15.7. The highest BCUT2D eigenvalue weighted by molar-refractivity contribution is 5.92. The number of aromatic nitrogens is 3. The molecule has 1 N–H and O–H groups in total. The average molecular weight is 324 g/mol. The number of nitrogens with zero attached hydrogens (tertiary/aromatic N) is 3. The fraction of sp³-hybridized carbons (Fsp3) is 0.333. The zero-order chi connectivity index (χ0) is 16.4. The number of fused-ring (bicyclic) bond motifs is 1. The van der Waals surface area contributed by atoms with Crippen molar-refractivity contribution in [2.24, 2.45) is 5.92 Å². The second kappa shape index (κ2) is 6.49. The molecule has 0 bridgehead atoms. The summed E-state index contributed by atoms with van der Waals surface area (Å²) in [4.78, 5) is 12.3. The van der Waals surface area contributed by atoms with E-state index in [4.69, 9.17) is 4.74 Å². The van der Waals surface area contributed by atoms with E-state index in [9.17, 15) is 4.79 Å². The summed E-state index contributed by atoms with van der Waals surface area (Å²) >= 11 is 0. The number of carbonyl (C=O) groups excluding carboxylic acids is 1. The van der Waals surface area contributed by atoms with Gasteiger partial charge in [-0.2, -0.15) is 5.10 Å². The number of nitrogens with one attached hydrogen (secondary N) is 1. The maximum absolute atomic E-state index is 12.3. The Kier molecular flexibility index (Phi) is 4.04. The minimum Gasteiger partial charge on any atom is -0.381 e. The Bertz CT molecular complexity index is 845. The number of rotatable bonds is 4. The Morgan fingerprint density at radius 1 is 1.17 bits per heavy atom. The molecule has 3 aromatic heterocycles. The molecule has 1 aliphatic heterocycles. The number of amides is 1. The molecule has 24 heavy (non-hydrogen) atoms. The van der Waals surface area contributed by atoms with E-state index in [0.717, 1.165) is 37.4 Å². The Balaban J connectivity index is 1.47. The molecular weight excluding hydrogens is 304 g/mol. The van der Waals surface area contributed by atoms with Gasteiger partial charge in [-0.25, -0.2) is 4.68 Å². The lowest BCUT2D eigenvalue weighted by molar-refractivity contribution is 0.0642. The summed E-state index contributed by atoms with van der Waals surface area (Å²) in [6.45, 7) is 2.26. The lowest BCUT2D eigenvalue weighted by Gasteiger charge is -2.21. The van der Waals surface area contributed by atoms with Crippen molar-refractivity contribution in [2.45, 2.75) is 12.8 Å². The highest BCUT2D eigenvalue weighted by Gasteiger charge is 2.16. The fourth-order valence-corrected chi connectivity index (χ4v) is 3.08. The average Bonchev–Trinajstić information content (AvgIpc) is 3.27. The van der Waals surface area contributed by atoms with Crippen LogP contribution in [0, 0.1) is 5.92 Å². The molecule has 0 atom stereocenters. The van der Waals surface area contributed by atoms with E-state index >= 15 is 0 Å². The molecule has 0 spiro atoms. The molecule has 4 rings (SSSR count). The molecule has 6 heteroatoms. The Hall–Kier alpha value is -2.60. The van der Waals surface area contributed by atoms with E-state index < -0.39 is 0 Å². The van der Waals surface area contributed by atoms with Gasteiger partial charge < -0.3 is 14.5 Å². The van der Waals surface area contributed by atoms with Crippen molar-refractivity contribution in [2.75, 3.05) is 19.8 Å². The molecule has 0 aliphatic carbocycles. The molecule has 0 aromatic carbocycles. The number of hydrogen-bond donors (Lipinski definition) is 1. The van der Waals surface area contributed by atoms with Gasteiger partial charge in [0.15, 0.2) is 5.69 Å². The van der Waals surface area contributed by atoms with Crippen molar-refractivity contribution in [1.29, 1.82) is 0 Å². The highest BCUT2D eigenvalue weighted by Crippen LogP contribution is 2.15. The van der Waals surface area contributed by atoms with Gasteiger partial charge in [0, 0.05) is 37.7 Å². The largest absolute Gasteiger partial charge is 0.381 e. The van der Waals surface area contributed by atoms with Crippen LogP contribution >= 0.6 is 0 Å². The van der Waals surface area contributed by atoms with Crippen LogP contribution in [-0.4, -0.2) is 39.8 Å². The van der Waals surface area contributed by atoms with Crippen molar-refractivity contribution >= 4 is 11.4 Å². The van der Waals surface area contributed by atoms with Crippen molar-refractivity contribution in [3.63, 3.8) is 0 Å². The minimum absolute atomic E-state index is 0.124. The smallest absolute Gasteiger partial charge is 0.271 e. The second-order valence-electron chi connectivity index (χ2n) is 6.10. The first-order chi connectivity index (χ1) is 11.8. The summed E-state index contributed by atoms with van der Waals surface area (Å²) in [5.74, 6) is 1.29. The zero-order valence-electron chi connectivity index (χ0n) is 13.4. The van der Waals surface area contributed by atoms with Crippen molar-refractivity contribution in [1.82, 2.24) is 19.5 Å². The Morgan fingerprint density at radius 3 is 2.92 bits per heavy atom. The van der Waals surface area contributed by atoms with Crippen molar-refractivity contribution in [3.05, 3.63) is 54.5 Å². The number of hydrogen-bond acceptors (Lipinski definition) is 3. The van der Waals surface area contributed by atoms with E-state index in [1.54, 1.807) is 10.7 Å². The van der Waals surface area contributed by atoms with E-state index in [1.807, 2.05) is 47.1 Å². The van der Waals surface area contributed by atoms with Gasteiger partial charge in [-0.15, -0.1) is 0 Å². The van der Waals surface area contributed by atoms with Crippen LogP contribution in [0.2, 0.25) is 0 Å². The van der Waals surface area contributed by atoms with E-state index in [1.165, 1.54) is 0 Å². The second-order valence-corrected chi connectivity index (χ2v) is 6.10. The molecule has 0 unspecified atom stereocenters. The molecule has 1 fully saturated rings. The molecule has 1 aliphatic rings. The van der Waals surface area contributed by atoms with Crippen LogP contribution in [-0.2, 0) is 4.74 Å². The standard InChI is InChI=1S/C18H20N4O2/c23-18(19-13-14-7-11-24-12-8-14)16-6-10-22(20-16)17-5-4-15-3-1-2-9-21(15)17/h1-6,9-10,14H,7-8,11-13H2,(H,19,23). The molecule has 1 amide bonds. The summed E-state index contributed by atoms with van der Waals surface area (Å²) < 4.78 is 9.11. The van der Waals surface area contributed by atoms with E-state index in [0.29, 0.717) is 18.2 Å². The van der Waals surface area contributed by atoms with Crippen LogP contribution in [0.15, 0.2) is 48.8 Å². The van der Waals surface area contributed by atoms with Crippen LogP contribution in [0.4, 0.5) is 0 Å². The lowest BCUT2D eigenvalue weighted by Crippen LogP contribution is -2.32. The fourth-order valence-electron chi connectivity index (χ4n) is 3.08. The third kappa shape index (κ3) is 2.92.